The smallest absolute Gasteiger partial charge is 0.251 e. The van der Waals surface area contributed by atoms with Crippen LogP contribution in [0.5, 0.6) is 0 Å². The van der Waals surface area contributed by atoms with Crippen LogP contribution in [0.3, 0.4) is 0 Å². The van der Waals surface area contributed by atoms with Crippen LogP contribution in [0.15, 0.2) is 24.3 Å². The molecule has 110 valence electrons. The van der Waals surface area contributed by atoms with Crippen LogP contribution in [0.2, 0.25) is 0 Å². The summed E-state index contributed by atoms with van der Waals surface area (Å²) < 4.78 is 5.75. The summed E-state index contributed by atoms with van der Waals surface area (Å²) in [4.78, 5) is 12.4. The lowest BCUT2D eigenvalue weighted by Crippen LogP contribution is -2.41. The summed E-state index contributed by atoms with van der Waals surface area (Å²) in [5, 5.41) is 3.11. The molecular weight excluding hydrogens is 264 g/mol. The monoisotopic (exact) mass is 284 g/mol. The Kier molecular flexibility index (Phi) is 4.23. The van der Waals surface area contributed by atoms with Gasteiger partial charge in [0.25, 0.3) is 5.91 Å². The van der Waals surface area contributed by atoms with E-state index in [1.54, 1.807) is 6.07 Å². The summed E-state index contributed by atoms with van der Waals surface area (Å²) in [7, 11) is 0. The third-order valence-corrected chi connectivity index (χ3v) is 4.00. The van der Waals surface area contributed by atoms with E-state index < -0.39 is 0 Å². The molecule has 1 heterocycles. The highest BCUT2D eigenvalue weighted by atomic mass is 16.5. The fourth-order valence-electron chi connectivity index (χ4n) is 2.80. The molecule has 2 aliphatic rings. The lowest BCUT2D eigenvalue weighted by Gasteiger charge is -2.19. The molecule has 2 atom stereocenters. The van der Waals surface area contributed by atoms with Gasteiger partial charge < -0.3 is 15.8 Å². The van der Waals surface area contributed by atoms with E-state index in [1.165, 1.54) is 12.8 Å². The van der Waals surface area contributed by atoms with Crippen LogP contribution in [0.25, 0.3) is 0 Å². The van der Waals surface area contributed by atoms with Crippen LogP contribution in [0.4, 0.5) is 0 Å². The van der Waals surface area contributed by atoms with Crippen molar-refractivity contribution in [1.82, 2.24) is 5.32 Å². The molecule has 0 bridgehead atoms. The van der Waals surface area contributed by atoms with Crippen molar-refractivity contribution in [2.24, 2.45) is 11.7 Å². The third kappa shape index (κ3) is 3.44. The van der Waals surface area contributed by atoms with E-state index in [0.29, 0.717) is 18.0 Å². The zero-order valence-corrected chi connectivity index (χ0v) is 12.0. The van der Waals surface area contributed by atoms with Gasteiger partial charge in [0.2, 0.25) is 0 Å². The fourth-order valence-corrected chi connectivity index (χ4v) is 2.80. The van der Waals surface area contributed by atoms with Gasteiger partial charge in [0.05, 0.1) is 18.7 Å². The maximum absolute atomic E-state index is 12.4. The standard InChI is InChI=1S/C17H20N2O2/c18-9-2-4-12-3-1-5-14(11-12)17(20)19-15-8-10-21-16(15)13-6-7-13/h1,3,5,11,13,15-16H,6-10,18H2,(H,19,20). The van der Waals surface area contributed by atoms with Gasteiger partial charge in [-0.3, -0.25) is 4.79 Å². The first-order valence-corrected chi connectivity index (χ1v) is 7.49. The molecule has 4 nitrogen and oxygen atoms in total. The Hall–Kier alpha value is -1.83. The van der Waals surface area contributed by atoms with Crippen molar-refractivity contribution in [3.63, 3.8) is 0 Å². The van der Waals surface area contributed by atoms with Gasteiger partial charge in [0.15, 0.2) is 0 Å². The number of ether oxygens (including phenoxy) is 1. The summed E-state index contributed by atoms with van der Waals surface area (Å²) >= 11 is 0. The zero-order valence-electron chi connectivity index (χ0n) is 12.0. The molecule has 21 heavy (non-hydrogen) atoms. The van der Waals surface area contributed by atoms with Crippen molar-refractivity contribution < 1.29 is 9.53 Å². The molecule has 0 spiro atoms. The first-order valence-electron chi connectivity index (χ1n) is 7.49. The van der Waals surface area contributed by atoms with E-state index in [1.807, 2.05) is 18.2 Å². The number of rotatable bonds is 3. The molecule has 2 unspecified atom stereocenters. The lowest BCUT2D eigenvalue weighted by molar-refractivity contribution is 0.0729. The first kappa shape index (κ1) is 14.1. The molecule has 1 aliphatic carbocycles. The fraction of sp³-hybridized carbons (Fsp3) is 0.471. The molecule has 1 saturated heterocycles. The van der Waals surface area contributed by atoms with Crippen LogP contribution in [0.1, 0.15) is 35.2 Å². The van der Waals surface area contributed by atoms with Gasteiger partial charge in [-0.05, 0) is 43.4 Å². The number of nitrogens with two attached hydrogens (primary N) is 1. The first-order chi connectivity index (χ1) is 10.3. The van der Waals surface area contributed by atoms with E-state index >= 15 is 0 Å². The van der Waals surface area contributed by atoms with Crippen molar-refractivity contribution in [1.29, 1.82) is 0 Å². The lowest BCUT2D eigenvalue weighted by atomic mass is 10.0. The van der Waals surface area contributed by atoms with Crippen LogP contribution in [-0.2, 0) is 4.74 Å². The van der Waals surface area contributed by atoms with Gasteiger partial charge in [-0.1, -0.05) is 17.9 Å². The highest BCUT2D eigenvalue weighted by molar-refractivity contribution is 5.94. The summed E-state index contributed by atoms with van der Waals surface area (Å²) in [6, 6.07) is 7.48. The number of carbonyl (C=O) groups excluding carboxylic acids is 1. The minimum atomic E-state index is -0.0486. The second-order valence-corrected chi connectivity index (χ2v) is 5.63. The van der Waals surface area contributed by atoms with Crippen LogP contribution >= 0.6 is 0 Å². The van der Waals surface area contributed by atoms with Crippen LogP contribution < -0.4 is 11.1 Å². The van der Waals surface area contributed by atoms with E-state index in [2.05, 4.69) is 17.2 Å². The topological polar surface area (TPSA) is 64.4 Å². The molecule has 4 heteroatoms. The van der Waals surface area contributed by atoms with Crippen molar-refractivity contribution in [3.8, 4) is 11.8 Å². The van der Waals surface area contributed by atoms with Gasteiger partial charge in [-0.25, -0.2) is 0 Å². The van der Waals surface area contributed by atoms with Gasteiger partial charge in [0, 0.05) is 17.7 Å². The molecule has 1 saturated carbocycles. The Balaban J connectivity index is 1.67. The molecule has 3 N–H and O–H groups in total. The van der Waals surface area contributed by atoms with Crippen LogP contribution in [0, 0.1) is 17.8 Å². The molecule has 1 aliphatic heterocycles. The Morgan fingerprint density at radius 2 is 2.24 bits per heavy atom. The normalized spacial score (nSPS) is 24.2. The number of nitrogens with one attached hydrogen (secondary N) is 1. The maximum Gasteiger partial charge on any atom is 0.251 e. The average molecular weight is 284 g/mol. The third-order valence-electron chi connectivity index (χ3n) is 4.00. The zero-order chi connectivity index (χ0) is 14.7. The number of amides is 1. The second-order valence-electron chi connectivity index (χ2n) is 5.63. The largest absolute Gasteiger partial charge is 0.376 e. The molecule has 1 amide bonds. The van der Waals surface area contributed by atoms with Crippen molar-refractivity contribution in [2.45, 2.75) is 31.4 Å². The predicted molar refractivity (Wildman–Crippen MR) is 80.7 cm³/mol. The quantitative estimate of drug-likeness (QED) is 0.822. The summed E-state index contributed by atoms with van der Waals surface area (Å²) in [5.74, 6) is 6.34. The molecule has 3 rings (SSSR count). The van der Waals surface area contributed by atoms with Gasteiger partial charge in [0.1, 0.15) is 0 Å². The molecule has 1 aromatic carbocycles. The van der Waals surface area contributed by atoms with E-state index in [9.17, 15) is 4.79 Å². The Bertz CT molecular complexity index is 584. The molecular formula is C17H20N2O2. The molecule has 2 fully saturated rings. The highest BCUT2D eigenvalue weighted by Crippen LogP contribution is 2.38. The SMILES string of the molecule is NCC#Cc1cccc(C(=O)NC2CCOC2C2CC2)c1. The number of hydrogen-bond acceptors (Lipinski definition) is 3. The van der Waals surface area contributed by atoms with Gasteiger partial charge >= 0.3 is 0 Å². The predicted octanol–water partition coefficient (Wildman–Crippen LogP) is 1.29. The van der Waals surface area contributed by atoms with Crippen molar-refractivity contribution >= 4 is 5.91 Å². The Labute approximate surface area is 125 Å². The van der Waals surface area contributed by atoms with Crippen molar-refractivity contribution in [3.05, 3.63) is 35.4 Å². The maximum atomic E-state index is 12.4. The Morgan fingerprint density at radius 3 is 3.00 bits per heavy atom. The van der Waals surface area contributed by atoms with Gasteiger partial charge in [-0.15, -0.1) is 0 Å². The average Bonchev–Trinajstić information content (AvgIpc) is 3.25. The molecule has 1 aromatic rings. The van der Waals surface area contributed by atoms with Gasteiger partial charge in [-0.2, -0.15) is 0 Å². The number of benzene rings is 1. The van der Waals surface area contributed by atoms with Crippen LogP contribution in [-0.4, -0.2) is 31.2 Å². The van der Waals surface area contributed by atoms with Crippen molar-refractivity contribution in [2.75, 3.05) is 13.2 Å². The van der Waals surface area contributed by atoms with E-state index in [4.69, 9.17) is 10.5 Å². The Morgan fingerprint density at radius 1 is 1.38 bits per heavy atom. The molecule has 0 radical (unpaired) electrons. The second kappa shape index (κ2) is 6.30. The van der Waals surface area contributed by atoms with E-state index in [0.717, 1.165) is 18.6 Å². The van der Waals surface area contributed by atoms with E-state index in [-0.39, 0.29) is 18.1 Å². The minimum Gasteiger partial charge on any atom is -0.376 e. The summed E-state index contributed by atoms with van der Waals surface area (Å²) in [5.41, 5.74) is 6.82. The molecule has 0 aromatic heterocycles. The summed E-state index contributed by atoms with van der Waals surface area (Å²) in [6.45, 7) is 1.06. The highest BCUT2D eigenvalue weighted by Gasteiger charge is 2.41. The summed E-state index contributed by atoms with van der Waals surface area (Å²) in [6.07, 6.45) is 3.55. The minimum absolute atomic E-state index is 0.0486. The number of carbonyl (C=O) groups is 1. The number of hydrogen-bond donors (Lipinski definition) is 2.